The molecule has 0 aromatic heterocycles. The molecule has 0 bridgehead atoms. The number of aliphatic hydroxyl groups excluding tert-OH is 1. The molecule has 0 fully saturated rings. The number of hydrogen-bond acceptors (Lipinski definition) is 3. The van der Waals surface area contributed by atoms with Gasteiger partial charge in [-0.3, -0.25) is 0 Å². The number of aliphatic carboxylic acids is 1. The van der Waals surface area contributed by atoms with Crippen molar-refractivity contribution in [3.05, 3.63) is 35.9 Å². The van der Waals surface area contributed by atoms with Crippen LogP contribution in [0.15, 0.2) is 30.3 Å². The third-order valence-corrected chi connectivity index (χ3v) is 3.41. The second-order valence-corrected chi connectivity index (χ2v) is 5.01. The second-order valence-electron chi connectivity index (χ2n) is 5.01. The average molecular weight is 294 g/mol. The third-order valence-electron chi connectivity index (χ3n) is 3.41. The highest BCUT2D eigenvalue weighted by Crippen LogP contribution is 2.06. The predicted octanol–water partition coefficient (Wildman–Crippen LogP) is 1.09. The molecule has 116 valence electrons. The zero-order valence-corrected chi connectivity index (χ0v) is 12.3. The molecule has 0 saturated carbocycles. The molecule has 0 saturated heterocycles. The van der Waals surface area contributed by atoms with Crippen molar-refractivity contribution < 1.29 is 19.8 Å². The Balaban J connectivity index is 2.58. The van der Waals surface area contributed by atoms with Gasteiger partial charge in [-0.25, -0.2) is 9.59 Å². The molecule has 1 aromatic rings. The Morgan fingerprint density at radius 3 is 2.43 bits per heavy atom. The minimum Gasteiger partial charge on any atom is -0.480 e. The molecule has 1 aromatic carbocycles. The zero-order valence-electron chi connectivity index (χ0n) is 12.3. The number of rotatable bonds is 7. The van der Waals surface area contributed by atoms with Gasteiger partial charge in [0, 0.05) is 7.05 Å². The van der Waals surface area contributed by atoms with Crippen molar-refractivity contribution in [2.24, 2.45) is 0 Å². The molecule has 2 unspecified atom stereocenters. The van der Waals surface area contributed by atoms with E-state index in [0.29, 0.717) is 12.8 Å². The smallest absolute Gasteiger partial charge is 0.326 e. The maximum atomic E-state index is 11.9. The number of aliphatic hydroxyl groups is 1. The first-order chi connectivity index (χ1) is 9.95. The minimum absolute atomic E-state index is 0.175. The molecule has 6 heteroatoms. The first kappa shape index (κ1) is 17.0. The summed E-state index contributed by atoms with van der Waals surface area (Å²) in [5, 5.41) is 20.7. The Kier molecular flexibility index (Phi) is 6.68. The van der Waals surface area contributed by atoms with Gasteiger partial charge in [0.05, 0.1) is 12.6 Å². The number of carboxylic acids is 1. The van der Waals surface area contributed by atoms with Crippen molar-refractivity contribution in [3.63, 3.8) is 0 Å². The summed E-state index contributed by atoms with van der Waals surface area (Å²) in [6, 6.07) is 7.68. The largest absolute Gasteiger partial charge is 0.480 e. The average Bonchev–Trinajstić information content (AvgIpc) is 2.50. The fraction of sp³-hybridized carbons (Fsp3) is 0.467. The molecule has 0 aliphatic carbocycles. The second kappa shape index (κ2) is 8.26. The lowest BCUT2D eigenvalue weighted by atomic mass is 10.1. The van der Waals surface area contributed by atoms with Crippen LogP contribution < -0.4 is 5.32 Å². The Hall–Kier alpha value is -2.08. The Labute approximate surface area is 124 Å². The number of aryl methyl sites for hydroxylation is 1. The highest BCUT2D eigenvalue weighted by molar-refractivity contribution is 5.82. The summed E-state index contributed by atoms with van der Waals surface area (Å²) in [6.45, 7) is 1.50. The van der Waals surface area contributed by atoms with E-state index in [2.05, 4.69) is 5.32 Å². The van der Waals surface area contributed by atoms with Crippen LogP contribution in [0.2, 0.25) is 0 Å². The van der Waals surface area contributed by atoms with E-state index < -0.39 is 18.0 Å². The molecule has 6 nitrogen and oxygen atoms in total. The zero-order chi connectivity index (χ0) is 15.8. The lowest BCUT2D eigenvalue weighted by Gasteiger charge is -2.25. The molecule has 0 aliphatic rings. The molecule has 21 heavy (non-hydrogen) atoms. The number of hydrogen-bond donors (Lipinski definition) is 3. The summed E-state index contributed by atoms with van der Waals surface area (Å²) in [5.41, 5.74) is 1.02. The van der Waals surface area contributed by atoms with Crippen molar-refractivity contribution in [2.45, 2.75) is 31.8 Å². The van der Waals surface area contributed by atoms with E-state index in [0.717, 1.165) is 5.56 Å². The van der Waals surface area contributed by atoms with E-state index in [1.807, 2.05) is 30.3 Å². The highest BCUT2D eigenvalue weighted by Gasteiger charge is 2.23. The summed E-state index contributed by atoms with van der Waals surface area (Å²) in [4.78, 5) is 24.4. The lowest BCUT2D eigenvalue weighted by Crippen LogP contribution is -2.50. The number of amides is 2. The number of carbonyl (C=O) groups excluding carboxylic acids is 1. The van der Waals surface area contributed by atoms with Gasteiger partial charge in [0.2, 0.25) is 0 Å². The number of nitrogens with one attached hydrogen (secondary N) is 1. The van der Waals surface area contributed by atoms with E-state index in [4.69, 9.17) is 5.11 Å². The molecule has 0 radical (unpaired) electrons. The van der Waals surface area contributed by atoms with Crippen LogP contribution in [0, 0.1) is 0 Å². The van der Waals surface area contributed by atoms with Gasteiger partial charge in [-0.1, -0.05) is 30.3 Å². The van der Waals surface area contributed by atoms with Gasteiger partial charge < -0.3 is 20.4 Å². The standard InChI is InChI=1S/C15H22N2O4/c1-11(10-18)17(2)15(21)16-13(14(19)20)9-8-12-6-4-3-5-7-12/h3-7,11,13,18H,8-10H2,1-2H3,(H,16,21)(H,19,20). The quantitative estimate of drug-likeness (QED) is 0.702. The maximum Gasteiger partial charge on any atom is 0.326 e. The van der Waals surface area contributed by atoms with Crippen molar-refractivity contribution >= 4 is 12.0 Å². The summed E-state index contributed by atoms with van der Waals surface area (Å²) in [7, 11) is 1.52. The highest BCUT2D eigenvalue weighted by atomic mass is 16.4. The van der Waals surface area contributed by atoms with E-state index in [1.54, 1.807) is 6.92 Å². The molecule has 2 amide bonds. The molecular formula is C15H22N2O4. The van der Waals surface area contributed by atoms with E-state index >= 15 is 0 Å². The first-order valence-electron chi connectivity index (χ1n) is 6.86. The molecule has 2 atom stereocenters. The number of nitrogens with zero attached hydrogens (tertiary/aromatic N) is 1. The monoisotopic (exact) mass is 294 g/mol. The topological polar surface area (TPSA) is 89.9 Å². The molecule has 0 aliphatic heterocycles. The Morgan fingerprint density at radius 2 is 1.90 bits per heavy atom. The van der Waals surface area contributed by atoms with E-state index in [1.165, 1.54) is 11.9 Å². The van der Waals surface area contributed by atoms with Gasteiger partial charge in [0.15, 0.2) is 0 Å². The predicted molar refractivity (Wildman–Crippen MR) is 79.0 cm³/mol. The normalized spacial score (nSPS) is 13.3. The van der Waals surface area contributed by atoms with Crippen LogP contribution in [0.3, 0.4) is 0 Å². The van der Waals surface area contributed by atoms with Gasteiger partial charge in [-0.05, 0) is 25.3 Å². The minimum atomic E-state index is -1.07. The van der Waals surface area contributed by atoms with Crippen LogP contribution in [-0.2, 0) is 11.2 Å². The lowest BCUT2D eigenvalue weighted by molar-refractivity contribution is -0.139. The van der Waals surface area contributed by atoms with Crippen LogP contribution in [0.5, 0.6) is 0 Å². The first-order valence-corrected chi connectivity index (χ1v) is 6.86. The SMILES string of the molecule is CC(CO)N(C)C(=O)NC(CCc1ccccc1)C(=O)O. The van der Waals surface area contributed by atoms with Gasteiger partial charge in [-0.2, -0.15) is 0 Å². The molecule has 3 N–H and O–H groups in total. The van der Waals surface area contributed by atoms with Crippen molar-refractivity contribution in [3.8, 4) is 0 Å². The molecular weight excluding hydrogens is 272 g/mol. The Morgan fingerprint density at radius 1 is 1.29 bits per heavy atom. The summed E-state index contributed by atoms with van der Waals surface area (Å²) in [5.74, 6) is -1.07. The van der Waals surface area contributed by atoms with Crippen LogP contribution in [-0.4, -0.2) is 52.9 Å². The third kappa shape index (κ3) is 5.43. The number of benzene rings is 1. The molecule has 1 rings (SSSR count). The van der Waals surface area contributed by atoms with Crippen molar-refractivity contribution in [2.75, 3.05) is 13.7 Å². The summed E-state index contributed by atoms with van der Waals surface area (Å²) in [6.07, 6.45) is 0.879. The van der Waals surface area contributed by atoms with Crippen molar-refractivity contribution in [1.29, 1.82) is 0 Å². The summed E-state index contributed by atoms with van der Waals surface area (Å²) >= 11 is 0. The van der Waals surface area contributed by atoms with E-state index in [9.17, 15) is 14.7 Å². The number of likely N-dealkylation sites (N-methyl/N-ethyl adjacent to an activating group) is 1. The summed E-state index contributed by atoms with van der Waals surface area (Å²) < 4.78 is 0. The van der Waals surface area contributed by atoms with Crippen LogP contribution in [0.25, 0.3) is 0 Å². The van der Waals surface area contributed by atoms with Crippen LogP contribution in [0.1, 0.15) is 18.9 Å². The van der Waals surface area contributed by atoms with Gasteiger partial charge in [0.25, 0.3) is 0 Å². The van der Waals surface area contributed by atoms with Gasteiger partial charge >= 0.3 is 12.0 Å². The van der Waals surface area contributed by atoms with Gasteiger partial charge in [0.1, 0.15) is 6.04 Å². The number of urea groups is 1. The fourth-order valence-corrected chi connectivity index (χ4v) is 1.79. The molecule has 0 heterocycles. The maximum absolute atomic E-state index is 11.9. The van der Waals surface area contributed by atoms with Gasteiger partial charge in [-0.15, -0.1) is 0 Å². The number of carboxylic acid groups (broad SMARTS) is 1. The molecule has 0 spiro atoms. The van der Waals surface area contributed by atoms with Crippen molar-refractivity contribution in [1.82, 2.24) is 10.2 Å². The number of carbonyl (C=O) groups is 2. The fourth-order valence-electron chi connectivity index (χ4n) is 1.79. The van der Waals surface area contributed by atoms with E-state index in [-0.39, 0.29) is 12.6 Å². The van der Waals surface area contributed by atoms with Crippen LogP contribution >= 0.6 is 0 Å². The van der Waals surface area contributed by atoms with Crippen LogP contribution in [0.4, 0.5) is 4.79 Å². The Bertz CT molecular complexity index is 464.